The lowest BCUT2D eigenvalue weighted by Gasteiger charge is -2.39. The first-order valence-electron chi connectivity index (χ1n) is 8.04. The van der Waals surface area contributed by atoms with Crippen LogP contribution >= 0.6 is 0 Å². The van der Waals surface area contributed by atoms with E-state index in [9.17, 15) is 4.79 Å². The van der Waals surface area contributed by atoms with E-state index in [0.717, 1.165) is 12.8 Å². The molecule has 6 heteroatoms. The fourth-order valence-corrected chi connectivity index (χ4v) is 3.16. The smallest absolute Gasteiger partial charge is 0.257 e. The SMILES string of the molecule is COc1ccc(C(=O)N(C)[C@H]2CCOC(C)(C)C2)c(OC)c1OC. The van der Waals surface area contributed by atoms with Gasteiger partial charge in [0, 0.05) is 19.7 Å². The van der Waals surface area contributed by atoms with Gasteiger partial charge in [0.1, 0.15) is 0 Å². The molecule has 0 saturated carbocycles. The van der Waals surface area contributed by atoms with Gasteiger partial charge in [0.15, 0.2) is 11.5 Å². The van der Waals surface area contributed by atoms with Crippen molar-refractivity contribution >= 4 is 5.91 Å². The summed E-state index contributed by atoms with van der Waals surface area (Å²) in [6.07, 6.45) is 1.62. The Morgan fingerprint density at radius 3 is 2.38 bits per heavy atom. The van der Waals surface area contributed by atoms with Crippen LogP contribution in [0.2, 0.25) is 0 Å². The summed E-state index contributed by atoms with van der Waals surface area (Å²) in [7, 11) is 6.42. The van der Waals surface area contributed by atoms with Gasteiger partial charge in [0.05, 0.1) is 32.5 Å². The Hall–Kier alpha value is -1.95. The monoisotopic (exact) mass is 337 g/mol. The van der Waals surface area contributed by atoms with Crippen LogP contribution in [0.3, 0.4) is 0 Å². The van der Waals surface area contributed by atoms with Crippen LogP contribution < -0.4 is 14.2 Å². The fraction of sp³-hybridized carbons (Fsp3) is 0.611. The van der Waals surface area contributed by atoms with E-state index < -0.39 is 0 Å². The van der Waals surface area contributed by atoms with Gasteiger partial charge in [-0.25, -0.2) is 0 Å². The molecule has 1 amide bonds. The first kappa shape index (κ1) is 18.4. The molecular formula is C18H27NO5. The zero-order valence-electron chi connectivity index (χ0n) is 15.3. The van der Waals surface area contributed by atoms with E-state index in [1.165, 1.54) is 14.2 Å². The standard InChI is InChI=1S/C18H27NO5/c1-18(2)11-12(9-10-24-18)19(3)17(20)13-7-8-14(21-4)16(23-6)15(13)22-5/h7-8,12H,9-11H2,1-6H3/t12-/m0/s1. The number of benzene rings is 1. The summed E-state index contributed by atoms with van der Waals surface area (Å²) in [6.45, 7) is 4.75. The number of carbonyl (C=O) groups is 1. The van der Waals surface area contributed by atoms with Crippen molar-refractivity contribution in [2.24, 2.45) is 0 Å². The van der Waals surface area contributed by atoms with E-state index in [4.69, 9.17) is 18.9 Å². The summed E-state index contributed by atoms with van der Waals surface area (Å²) < 4.78 is 21.8. The first-order valence-corrected chi connectivity index (χ1v) is 8.04. The van der Waals surface area contributed by atoms with Crippen LogP contribution in [-0.2, 0) is 4.74 Å². The molecule has 0 spiro atoms. The molecule has 0 aliphatic carbocycles. The van der Waals surface area contributed by atoms with Gasteiger partial charge in [-0.1, -0.05) is 0 Å². The van der Waals surface area contributed by atoms with E-state index in [1.54, 1.807) is 24.1 Å². The molecule has 1 aromatic rings. The number of amides is 1. The number of hydrogen-bond donors (Lipinski definition) is 0. The maximum absolute atomic E-state index is 13.0. The maximum atomic E-state index is 13.0. The van der Waals surface area contributed by atoms with E-state index >= 15 is 0 Å². The third-order valence-corrected chi connectivity index (χ3v) is 4.47. The topological polar surface area (TPSA) is 57.2 Å². The van der Waals surface area contributed by atoms with Gasteiger partial charge in [-0.15, -0.1) is 0 Å². The molecule has 1 fully saturated rings. The Labute approximate surface area is 143 Å². The highest BCUT2D eigenvalue weighted by Gasteiger charge is 2.34. The lowest BCUT2D eigenvalue weighted by atomic mass is 9.92. The van der Waals surface area contributed by atoms with Gasteiger partial charge < -0.3 is 23.8 Å². The van der Waals surface area contributed by atoms with Crippen LogP contribution in [0.5, 0.6) is 17.2 Å². The molecule has 1 aromatic carbocycles. The summed E-state index contributed by atoms with van der Waals surface area (Å²) >= 11 is 0. The molecule has 0 unspecified atom stereocenters. The van der Waals surface area contributed by atoms with E-state index in [1.807, 2.05) is 7.05 Å². The number of ether oxygens (including phenoxy) is 4. The zero-order chi connectivity index (χ0) is 17.9. The van der Waals surface area contributed by atoms with Crippen molar-refractivity contribution in [1.82, 2.24) is 4.90 Å². The molecule has 0 aromatic heterocycles. The molecule has 1 aliphatic heterocycles. The fourth-order valence-electron chi connectivity index (χ4n) is 3.16. The molecule has 2 rings (SSSR count). The van der Waals surface area contributed by atoms with Gasteiger partial charge in [-0.2, -0.15) is 0 Å². The molecule has 0 N–H and O–H groups in total. The summed E-state index contributed by atoms with van der Waals surface area (Å²) in [4.78, 5) is 14.8. The highest BCUT2D eigenvalue weighted by molar-refractivity contribution is 5.98. The summed E-state index contributed by atoms with van der Waals surface area (Å²) in [5.74, 6) is 1.24. The minimum Gasteiger partial charge on any atom is -0.493 e. The Kier molecular flexibility index (Phi) is 5.59. The number of hydrogen-bond acceptors (Lipinski definition) is 5. The van der Waals surface area contributed by atoms with Gasteiger partial charge in [-0.3, -0.25) is 4.79 Å². The van der Waals surface area contributed by atoms with Crippen molar-refractivity contribution < 1.29 is 23.7 Å². The predicted molar refractivity (Wildman–Crippen MR) is 91.2 cm³/mol. The predicted octanol–water partition coefficient (Wildman–Crippen LogP) is 2.74. The second-order valence-electron chi connectivity index (χ2n) is 6.55. The second-order valence-corrected chi connectivity index (χ2v) is 6.55. The van der Waals surface area contributed by atoms with E-state index in [-0.39, 0.29) is 17.6 Å². The third-order valence-electron chi connectivity index (χ3n) is 4.47. The zero-order valence-corrected chi connectivity index (χ0v) is 15.3. The van der Waals surface area contributed by atoms with Crippen molar-refractivity contribution in [3.05, 3.63) is 17.7 Å². The normalized spacial score (nSPS) is 19.5. The summed E-state index contributed by atoms with van der Waals surface area (Å²) in [6, 6.07) is 3.55. The van der Waals surface area contributed by atoms with Crippen molar-refractivity contribution in [2.45, 2.75) is 38.3 Å². The molecule has 134 valence electrons. The van der Waals surface area contributed by atoms with Gasteiger partial charge in [0.25, 0.3) is 5.91 Å². The second kappa shape index (κ2) is 7.30. The van der Waals surface area contributed by atoms with Crippen LogP contribution in [0.1, 0.15) is 37.0 Å². The minimum atomic E-state index is -0.223. The molecule has 1 saturated heterocycles. The molecule has 1 atom stereocenters. The van der Waals surface area contributed by atoms with E-state index in [0.29, 0.717) is 29.4 Å². The molecule has 24 heavy (non-hydrogen) atoms. The number of methoxy groups -OCH3 is 3. The Balaban J connectivity index is 2.32. The van der Waals surface area contributed by atoms with Crippen LogP contribution in [-0.4, -0.2) is 57.4 Å². The highest BCUT2D eigenvalue weighted by atomic mass is 16.5. The third kappa shape index (κ3) is 3.59. The molecule has 6 nitrogen and oxygen atoms in total. The molecule has 0 radical (unpaired) electrons. The number of rotatable bonds is 5. The largest absolute Gasteiger partial charge is 0.493 e. The lowest BCUT2D eigenvalue weighted by molar-refractivity contribution is -0.0756. The Bertz CT molecular complexity index is 599. The number of carbonyl (C=O) groups excluding carboxylic acids is 1. The molecule has 1 aliphatic rings. The molecular weight excluding hydrogens is 310 g/mol. The highest BCUT2D eigenvalue weighted by Crippen LogP contribution is 2.40. The minimum absolute atomic E-state index is 0.101. The maximum Gasteiger partial charge on any atom is 0.257 e. The number of nitrogens with zero attached hydrogens (tertiary/aromatic N) is 1. The van der Waals surface area contributed by atoms with Crippen molar-refractivity contribution in [3.8, 4) is 17.2 Å². The summed E-state index contributed by atoms with van der Waals surface area (Å²) in [5.41, 5.74) is 0.237. The van der Waals surface area contributed by atoms with Gasteiger partial charge in [-0.05, 0) is 38.8 Å². The quantitative estimate of drug-likeness (QED) is 0.827. The van der Waals surface area contributed by atoms with Crippen LogP contribution in [0.4, 0.5) is 0 Å². The summed E-state index contributed by atoms with van der Waals surface area (Å²) in [5, 5.41) is 0. The van der Waals surface area contributed by atoms with Crippen LogP contribution in [0.25, 0.3) is 0 Å². The van der Waals surface area contributed by atoms with Crippen molar-refractivity contribution in [1.29, 1.82) is 0 Å². The lowest BCUT2D eigenvalue weighted by Crippen LogP contribution is -2.46. The van der Waals surface area contributed by atoms with Crippen molar-refractivity contribution in [2.75, 3.05) is 35.0 Å². The Morgan fingerprint density at radius 2 is 1.83 bits per heavy atom. The van der Waals surface area contributed by atoms with Gasteiger partial charge >= 0.3 is 0 Å². The van der Waals surface area contributed by atoms with Crippen molar-refractivity contribution in [3.63, 3.8) is 0 Å². The van der Waals surface area contributed by atoms with Crippen LogP contribution in [0.15, 0.2) is 12.1 Å². The first-order chi connectivity index (χ1) is 11.3. The van der Waals surface area contributed by atoms with Gasteiger partial charge in [0.2, 0.25) is 5.75 Å². The molecule has 0 bridgehead atoms. The molecule has 1 heterocycles. The average molecular weight is 337 g/mol. The van der Waals surface area contributed by atoms with Crippen LogP contribution in [0, 0.1) is 0 Å². The van der Waals surface area contributed by atoms with E-state index in [2.05, 4.69) is 13.8 Å². The average Bonchev–Trinajstić information content (AvgIpc) is 2.57. The Morgan fingerprint density at radius 1 is 1.17 bits per heavy atom.